The number of nitrogens with one attached hydrogen (secondary N) is 2. The van der Waals surface area contributed by atoms with Gasteiger partial charge < -0.3 is 10.4 Å². The van der Waals surface area contributed by atoms with Crippen LogP contribution in [0.5, 0.6) is 0 Å². The lowest BCUT2D eigenvalue weighted by molar-refractivity contribution is -0.115. The van der Waals surface area contributed by atoms with Crippen molar-refractivity contribution < 1.29 is 14.7 Å². The smallest absolute Gasteiger partial charge is 0.335 e. The molecule has 116 valence electrons. The number of hydrogen-bond acceptors (Lipinski definition) is 4. The number of benzene rings is 2. The maximum atomic E-state index is 11.4. The van der Waals surface area contributed by atoms with Gasteiger partial charge in [0.05, 0.1) is 23.4 Å². The predicted octanol–water partition coefficient (Wildman–Crippen LogP) is 2.72. The Morgan fingerprint density at radius 3 is 2.57 bits per heavy atom. The first-order chi connectivity index (χ1) is 11.0. The second-order valence-corrected chi connectivity index (χ2v) is 5.29. The van der Waals surface area contributed by atoms with E-state index in [1.807, 2.05) is 25.1 Å². The summed E-state index contributed by atoms with van der Waals surface area (Å²) in [6.45, 7) is 1.87. The SMILES string of the molecule is CC(=NNc1ccc(C(=O)O)cc1)c1ccc2c(c1)CC(=O)N2. The largest absolute Gasteiger partial charge is 0.478 e. The summed E-state index contributed by atoms with van der Waals surface area (Å²) in [6.07, 6.45) is 0.389. The molecule has 1 amide bonds. The number of hydrogen-bond donors (Lipinski definition) is 3. The minimum absolute atomic E-state index is 0.00314. The fraction of sp³-hybridized carbons (Fsp3) is 0.118. The Labute approximate surface area is 132 Å². The lowest BCUT2D eigenvalue weighted by Crippen LogP contribution is -2.03. The Morgan fingerprint density at radius 2 is 1.87 bits per heavy atom. The van der Waals surface area contributed by atoms with E-state index in [9.17, 15) is 9.59 Å². The van der Waals surface area contributed by atoms with Crippen LogP contribution >= 0.6 is 0 Å². The molecule has 0 bridgehead atoms. The molecule has 0 aromatic heterocycles. The van der Waals surface area contributed by atoms with Gasteiger partial charge in [-0.2, -0.15) is 5.10 Å². The van der Waals surface area contributed by atoms with Gasteiger partial charge in [0, 0.05) is 5.69 Å². The third-order valence-electron chi connectivity index (χ3n) is 3.63. The Morgan fingerprint density at radius 1 is 1.17 bits per heavy atom. The number of carboxylic acid groups (broad SMARTS) is 1. The quantitative estimate of drug-likeness (QED) is 0.598. The highest BCUT2D eigenvalue weighted by atomic mass is 16.4. The molecule has 6 heteroatoms. The molecule has 0 atom stereocenters. The standard InChI is InChI=1S/C17H15N3O3/c1-10(12-4-7-15-13(8-12)9-16(21)18-15)19-20-14-5-2-11(3-6-14)17(22)23/h2-8,20H,9H2,1H3,(H,18,21)(H,22,23). The van der Waals surface area contributed by atoms with Gasteiger partial charge in [-0.25, -0.2) is 4.79 Å². The van der Waals surface area contributed by atoms with Crippen molar-refractivity contribution in [2.45, 2.75) is 13.3 Å². The maximum absolute atomic E-state index is 11.4. The zero-order valence-electron chi connectivity index (χ0n) is 12.5. The summed E-state index contributed by atoms with van der Waals surface area (Å²) in [5.41, 5.74) is 7.34. The van der Waals surface area contributed by atoms with Crippen LogP contribution in [0.2, 0.25) is 0 Å². The van der Waals surface area contributed by atoms with Crippen LogP contribution in [-0.4, -0.2) is 22.7 Å². The van der Waals surface area contributed by atoms with Crippen LogP contribution in [0.1, 0.15) is 28.4 Å². The fourth-order valence-electron chi connectivity index (χ4n) is 2.35. The van der Waals surface area contributed by atoms with Crippen LogP contribution in [0.4, 0.5) is 11.4 Å². The molecule has 1 heterocycles. The monoisotopic (exact) mass is 309 g/mol. The van der Waals surface area contributed by atoms with Gasteiger partial charge in [-0.1, -0.05) is 6.07 Å². The molecule has 2 aromatic carbocycles. The van der Waals surface area contributed by atoms with E-state index in [1.165, 1.54) is 12.1 Å². The van der Waals surface area contributed by atoms with E-state index in [4.69, 9.17) is 5.11 Å². The van der Waals surface area contributed by atoms with E-state index in [-0.39, 0.29) is 11.5 Å². The number of carboxylic acids is 1. The van der Waals surface area contributed by atoms with Crippen molar-refractivity contribution in [1.29, 1.82) is 0 Å². The highest BCUT2D eigenvalue weighted by Crippen LogP contribution is 2.24. The van der Waals surface area contributed by atoms with Crippen LogP contribution in [0.25, 0.3) is 0 Å². The molecular formula is C17H15N3O3. The second-order valence-electron chi connectivity index (χ2n) is 5.29. The molecule has 0 unspecified atom stereocenters. The zero-order valence-corrected chi connectivity index (χ0v) is 12.5. The number of hydrazone groups is 1. The molecule has 0 fully saturated rings. The number of fused-ring (bicyclic) bond motifs is 1. The van der Waals surface area contributed by atoms with E-state index in [0.717, 1.165) is 22.5 Å². The average molecular weight is 309 g/mol. The summed E-state index contributed by atoms with van der Waals surface area (Å²) in [5.74, 6) is -0.957. The number of carbonyl (C=O) groups excluding carboxylic acids is 1. The molecular weight excluding hydrogens is 294 g/mol. The zero-order chi connectivity index (χ0) is 16.4. The Kier molecular flexibility index (Phi) is 3.80. The summed E-state index contributed by atoms with van der Waals surface area (Å²) in [6, 6.07) is 12.1. The number of carbonyl (C=O) groups is 2. The third kappa shape index (κ3) is 3.21. The minimum Gasteiger partial charge on any atom is -0.478 e. The molecule has 1 aliphatic rings. The number of amides is 1. The van der Waals surface area contributed by atoms with Crippen molar-refractivity contribution in [3.05, 3.63) is 59.2 Å². The van der Waals surface area contributed by atoms with E-state index < -0.39 is 5.97 Å². The number of rotatable bonds is 4. The fourth-order valence-corrected chi connectivity index (χ4v) is 2.35. The average Bonchev–Trinajstić information content (AvgIpc) is 2.92. The molecule has 3 N–H and O–H groups in total. The minimum atomic E-state index is -0.961. The molecule has 0 spiro atoms. The van der Waals surface area contributed by atoms with Crippen LogP contribution in [0, 0.1) is 0 Å². The first-order valence-electron chi connectivity index (χ1n) is 7.10. The molecule has 0 aliphatic carbocycles. The van der Waals surface area contributed by atoms with Gasteiger partial charge in [-0.05, 0) is 54.4 Å². The Hall–Kier alpha value is -3.15. The van der Waals surface area contributed by atoms with E-state index in [0.29, 0.717) is 12.1 Å². The van der Waals surface area contributed by atoms with Crippen LogP contribution in [-0.2, 0) is 11.2 Å². The van der Waals surface area contributed by atoms with Crippen LogP contribution < -0.4 is 10.7 Å². The third-order valence-corrected chi connectivity index (χ3v) is 3.63. The molecule has 0 saturated carbocycles. The number of nitrogens with zero attached hydrogens (tertiary/aromatic N) is 1. The van der Waals surface area contributed by atoms with Crippen LogP contribution in [0.3, 0.4) is 0 Å². The summed E-state index contributed by atoms with van der Waals surface area (Å²) in [4.78, 5) is 22.2. The first kappa shape index (κ1) is 14.8. The first-order valence-corrected chi connectivity index (χ1v) is 7.10. The van der Waals surface area contributed by atoms with Gasteiger partial charge in [0.2, 0.25) is 5.91 Å². The molecule has 23 heavy (non-hydrogen) atoms. The predicted molar refractivity (Wildman–Crippen MR) is 88.0 cm³/mol. The topological polar surface area (TPSA) is 90.8 Å². The van der Waals surface area contributed by atoms with Gasteiger partial charge in [-0.15, -0.1) is 0 Å². The summed E-state index contributed by atoms with van der Waals surface area (Å²) in [7, 11) is 0. The van der Waals surface area contributed by atoms with Crippen molar-refractivity contribution >= 4 is 29.0 Å². The Bertz CT molecular complexity index is 810. The maximum Gasteiger partial charge on any atom is 0.335 e. The summed E-state index contributed by atoms with van der Waals surface area (Å²) < 4.78 is 0. The molecule has 3 rings (SSSR count). The van der Waals surface area contributed by atoms with E-state index >= 15 is 0 Å². The van der Waals surface area contributed by atoms with Gasteiger partial charge in [0.15, 0.2) is 0 Å². The molecule has 0 radical (unpaired) electrons. The summed E-state index contributed by atoms with van der Waals surface area (Å²) in [5, 5.41) is 16.0. The second kappa shape index (κ2) is 5.92. The highest BCUT2D eigenvalue weighted by Gasteiger charge is 2.17. The van der Waals surface area contributed by atoms with Gasteiger partial charge >= 0.3 is 5.97 Å². The van der Waals surface area contributed by atoms with Crippen molar-refractivity contribution in [3.8, 4) is 0 Å². The van der Waals surface area contributed by atoms with E-state index in [1.54, 1.807) is 12.1 Å². The number of anilines is 2. The van der Waals surface area contributed by atoms with E-state index in [2.05, 4.69) is 15.8 Å². The van der Waals surface area contributed by atoms with Crippen molar-refractivity contribution in [1.82, 2.24) is 0 Å². The highest BCUT2D eigenvalue weighted by molar-refractivity contribution is 6.03. The normalized spacial score (nSPS) is 13.4. The lowest BCUT2D eigenvalue weighted by atomic mass is 10.1. The van der Waals surface area contributed by atoms with Gasteiger partial charge in [0.1, 0.15) is 0 Å². The Balaban J connectivity index is 1.74. The summed E-state index contributed by atoms with van der Waals surface area (Å²) >= 11 is 0. The van der Waals surface area contributed by atoms with Crippen molar-refractivity contribution in [2.24, 2.45) is 5.10 Å². The van der Waals surface area contributed by atoms with Gasteiger partial charge in [-0.3, -0.25) is 10.2 Å². The lowest BCUT2D eigenvalue weighted by Gasteiger charge is -2.06. The molecule has 2 aromatic rings. The molecule has 1 aliphatic heterocycles. The van der Waals surface area contributed by atoms with Crippen molar-refractivity contribution in [3.63, 3.8) is 0 Å². The molecule has 0 saturated heterocycles. The van der Waals surface area contributed by atoms with Gasteiger partial charge in [0.25, 0.3) is 0 Å². The number of aromatic carboxylic acids is 1. The molecule has 6 nitrogen and oxygen atoms in total. The van der Waals surface area contributed by atoms with Crippen LogP contribution in [0.15, 0.2) is 47.6 Å². The van der Waals surface area contributed by atoms with Crippen molar-refractivity contribution in [2.75, 3.05) is 10.7 Å².